The van der Waals surface area contributed by atoms with E-state index in [-0.39, 0.29) is 6.10 Å². The van der Waals surface area contributed by atoms with Gasteiger partial charge >= 0.3 is 0 Å². The van der Waals surface area contributed by atoms with Crippen LogP contribution in [-0.4, -0.2) is 25.4 Å². The Morgan fingerprint density at radius 3 is 2.62 bits per heavy atom. The van der Waals surface area contributed by atoms with E-state index in [1.54, 1.807) is 14.2 Å². The Kier molecular flexibility index (Phi) is 3.06. The highest BCUT2D eigenvalue weighted by Crippen LogP contribution is 2.40. The summed E-state index contributed by atoms with van der Waals surface area (Å²) >= 11 is 0. The molecule has 1 aromatic carbocycles. The molecule has 0 amide bonds. The molecule has 1 N–H and O–H groups in total. The summed E-state index contributed by atoms with van der Waals surface area (Å²) in [5, 5.41) is 9.77. The molecule has 1 aliphatic carbocycles. The number of rotatable bonds is 2. The van der Waals surface area contributed by atoms with Crippen LogP contribution in [0.5, 0.6) is 11.5 Å². The molecule has 3 heteroatoms. The lowest BCUT2D eigenvalue weighted by atomic mass is 9.81. The minimum absolute atomic E-state index is 0.251. The van der Waals surface area contributed by atoms with Crippen molar-refractivity contribution in [3.05, 3.63) is 23.3 Å². The second-order valence-corrected chi connectivity index (χ2v) is 4.40. The predicted molar refractivity (Wildman–Crippen MR) is 62.3 cm³/mol. The smallest absolute Gasteiger partial charge is 0.126 e. The number of hydrogen-bond donors (Lipinski definition) is 1. The van der Waals surface area contributed by atoms with Crippen molar-refractivity contribution in [1.29, 1.82) is 0 Å². The standard InChI is InChI=1S/C13H18O3/c1-8-4-10(14)5-9-6-11(15-2)7-12(16-3)13(8)9/h6-8,10,14H,4-5H2,1-3H3/t8-,10-/m0/s1. The van der Waals surface area contributed by atoms with Crippen LogP contribution in [0.25, 0.3) is 0 Å². The molecule has 0 radical (unpaired) electrons. The summed E-state index contributed by atoms with van der Waals surface area (Å²) in [6.07, 6.45) is 1.24. The predicted octanol–water partition coefficient (Wildman–Crippen LogP) is 2.11. The van der Waals surface area contributed by atoms with Gasteiger partial charge in [0.1, 0.15) is 11.5 Å². The summed E-state index contributed by atoms with van der Waals surface area (Å²) < 4.78 is 10.6. The van der Waals surface area contributed by atoms with E-state index in [0.29, 0.717) is 12.3 Å². The van der Waals surface area contributed by atoms with Crippen LogP contribution in [0.1, 0.15) is 30.4 Å². The number of benzene rings is 1. The van der Waals surface area contributed by atoms with Crippen molar-refractivity contribution in [3.63, 3.8) is 0 Å². The fourth-order valence-corrected chi connectivity index (χ4v) is 2.53. The van der Waals surface area contributed by atoms with Crippen molar-refractivity contribution in [1.82, 2.24) is 0 Å². The summed E-state index contributed by atoms with van der Waals surface area (Å²) in [7, 11) is 3.32. The first-order valence-electron chi connectivity index (χ1n) is 5.58. The maximum Gasteiger partial charge on any atom is 0.126 e. The Hall–Kier alpha value is -1.22. The molecule has 88 valence electrons. The first-order chi connectivity index (χ1) is 7.65. The molecule has 2 atom stereocenters. The summed E-state index contributed by atoms with van der Waals surface area (Å²) in [4.78, 5) is 0. The van der Waals surface area contributed by atoms with Crippen molar-refractivity contribution >= 4 is 0 Å². The molecule has 3 nitrogen and oxygen atoms in total. The largest absolute Gasteiger partial charge is 0.497 e. The first-order valence-corrected chi connectivity index (χ1v) is 5.58. The molecule has 0 fully saturated rings. The van der Waals surface area contributed by atoms with Crippen molar-refractivity contribution in [2.45, 2.75) is 31.8 Å². The third-order valence-corrected chi connectivity index (χ3v) is 3.23. The van der Waals surface area contributed by atoms with Gasteiger partial charge in [0.2, 0.25) is 0 Å². The van der Waals surface area contributed by atoms with Crippen LogP contribution in [0.4, 0.5) is 0 Å². The minimum atomic E-state index is -0.251. The Morgan fingerprint density at radius 2 is 2.00 bits per heavy atom. The second kappa shape index (κ2) is 4.34. The lowest BCUT2D eigenvalue weighted by Crippen LogP contribution is -2.22. The third kappa shape index (κ3) is 1.87. The average Bonchev–Trinajstić information content (AvgIpc) is 2.26. The second-order valence-electron chi connectivity index (χ2n) is 4.40. The molecule has 0 bridgehead atoms. The number of ether oxygens (including phenoxy) is 2. The van der Waals surface area contributed by atoms with Crippen LogP contribution < -0.4 is 9.47 Å². The van der Waals surface area contributed by atoms with E-state index in [1.165, 1.54) is 5.56 Å². The fraction of sp³-hybridized carbons (Fsp3) is 0.538. The SMILES string of the molecule is COc1cc2c(c(OC)c1)[C@@H](C)C[C@H](O)C2. The van der Waals surface area contributed by atoms with Gasteiger partial charge in [0.25, 0.3) is 0 Å². The molecule has 0 aliphatic heterocycles. The summed E-state index contributed by atoms with van der Waals surface area (Å²) in [6, 6.07) is 3.91. The van der Waals surface area contributed by atoms with Crippen LogP contribution in [0.3, 0.4) is 0 Å². The quantitative estimate of drug-likeness (QED) is 0.833. The van der Waals surface area contributed by atoms with Gasteiger partial charge < -0.3 is 14.6 Å². The Morgan fingerprint density at radius 1 is 1.25 bits per heavy atom. The zero-order valence-corrected chi connectivity index (χ0v) is 9.99. The van der Waals surface area contributed by atoms with Gasteiger partial charge in [-0.15, -0.1) is 0 Å². The Bertz CT molecular complexity index is 387. The van der Waals surface area contributed by atoms with Crippen LogP contribution in [-0.2, 0) is 6.42 Å². The van der Waals surface area contributed by atoms with E-state index in [4.69, 9.17) is 9.47 Å². The highest BCUT2D eigenvalue weighted by Gasteiger charge is 2.26. The molecule has 0 heterocycles. The van der Waals surface area contributed by atoms with Gasteiger partial charge in [-0.25, -0.2) is 0 Å². The number of aliphatic hydroxyl groups is 1. The molecule has 1 aliphatic rings. The molecule has 16 heavy (non-hydrogen) atoms. The van der Waals surface area contributed by atoms with Crippen LogP contribution in [0.15, 0.2) is 12.1 Å². The molecular formula is C13H18O3. The number of methoxy groups -OCH3 is 2. The van der Waals surface area contributed by atoms with Crippen LogP contribution in [0, 0.1) is 0 Å². The molecule has 1 aromatic rings. The van der Waals surface area contributed by atoms with Crippen molar-refractivity contribution in [2.75, 3.05) is 14.2 Å². The van der Waals surface area contributed by atoms with E-state index < -0.39 is 0 Å². The van der Waals surface area contributed by atoms with E-state index in [2.05, 4.69) is 6.92 Å². The third-order valence-electron chi connectivity index (χ3n) is 3.23. The topological polar surface area (TPSA) is 38.7 Å². The maximum absolute atomic E-state index is 9.77. The summed E-state index contributed by atoms with van der Waals surface area (Å²) in [5.74, 6) is 1.99. The number of hydrogen-bond acceptors (Lipinski definition) is 3. The highest BCUT2D eigenvalue weighted by molar-refractivity contribution is 5.49. The van der Waals surface area contributed by atoms with Gasteiger partial charge in [-0.3, -0.25) is 0 Å². The van der Waals surface area contributed by atoms with E-state index in [1.807, 2.05) is 12.1 Å². The van der Waals surface area contributed by atoms with Gasteiger partial charge in [-0.05, 0) is 30.4 Å². The molecule has 0 saturated heterocycles. The Labute approximate surface area is 96.0 Å². The molecule has 0 saturated carbocycles. The molecule has 0 unspecified atom stereocenters. The van der Waals surface area contributed by atoms with E-state index in [9.17, 15) is 5.11 Å². The first kappa shape index (κ1) is 11.3. The summed E-state index contributed by atoms with van der Waals surface area (Å²) in [6.45, 7) is 2.12. The zero-order valence-electron chi connectivity index (χ0n) is 9.99. The monoisotopic (exact) mass is 222 g/mol. The number of fused-ring (bicyclic) bond motifs is 1. The van der Waals surface area contributed by atoms with Gasteiger partial charge in [-0.2, -0.15) is 0 Å². The zero-order chi connectivity index (χ0) is 11.7. The van der Waals surface area contributed by atoms with Crippen molar-refractivity contribution in [3.8, 4) is 11.5 Å². The van der Waals surface area contributed by atoms with Gasteiger partial charge in [0.05, 0.1) is 20.3 Å². The van der Waals surface area contributed by atoms with Gasteiger partial charge in [-0.1, -0.05) is 6.92 Å². The maximum atomic E-state index is 9.77. The minimum Gasteiger partial charge on any atom is -0.497 e. The lowest BCUT2D eigenvalue weighted by molar-refractivity contribution is 0.148. The molecular weight excluding hydrogens is 204 g/mol. The average molecular weight is 222 g/mol. The Balaban J connectivity index is 2.51. The van der Waals surface area contributed by atoms with Crippen LogP contribution >= 0.6 is 0 Å². The highest BCUT2D eigenvalue weighted by atomic mass is 16.5. The van der Waals surface area contributed by atoms with Crippen molar-refractivity contribution in [2.24, 2.45) is 0 Å². The van der Waals surface area contributed by atoms with Gasteiger partial charge in [0.15, 0.2) is 0 Å². The molecule has 2 rings (SSSR count). The summed E-state index contributed by atoms with van der Waals surface area (Å²) in [5.41, 5.74) is 2.36. The lowest BCUT2D eigenvalue weighted by Gasteiger charge is -2.28. The number of aliphatic hydroxyl groups excluding tert-OH is 1. The van der Waals surface area contributed by atoms with Gasteiger partial charge in [0, 0.05) is 11.6 Å². The normalized spacial score (nSPS) is 23.8. The van der Waals surface area contributed by atoms with Crippen molar-refractivity contribution < 1.29 is 14.6 Å². The fourth-order valence-electron chi connectivity index (χ4n) is 2.53. The molecule has 0 spiro atoms. The van der Waals surface area contributed by atoms with E-state index >= 15 is 0 Å². The van der Waals surface area contributed by atoms with E-state index in [0.717, 1.165) is 23.5 Å². The van der Waals surface area contributed by atoms with Crippen LogP contribution in [0.2, 0.25) is 0 Å². The molecule has 0 aromatic heterocycles.